The number of hydrogen-bond donors (Lipinski definition) is 2. The molecule has 1 heterocycles. The van der Waals surface area contributed by atoms with Crippen LogP contribution < -0.4 is 15.8 Å². The molecule has 6 nitrogen and oxygen atoms in total. The number of aliphatic imine (C=N–C) groups is 1. The lowest BCUT2D eigenvalue weighted by Crippen LogP contribution is -2.37. The van der Waals surface area contributed by atoms with Crippen LogP contribution in [-0.2, 0) is 6.54 Å². The van der Waals surface area contributed by atoms with Gasteiger partial charge in [0.25, 0.3) is 0 Å². The summed E-state index contributed by atoms with van der Waals surface area (Å²) in [7, 11) is 4.03. The Labute approximate surface area is 155 Å². The fourth-order valence-corrected chi connectivity index (χ4v) is 2.14. The summed E-state index contributed by atoms with van der Waals surface area (Å²) in [5.74, 6) is 1.92. The largest absolute Gasteiger partial charge is 0.476 e. The van der Waals surface area contributed by atoms with E-state index in [4.69, 9.17) is 10.5 Å². The quantitative estimate of drug-likeness (QED) is 0.372. The molecule has 0 bridgehead atoms. The minimum Gasteiger partial charge on any atom is -0.476 e. The Hall–Kier alpha value is -1.09. The first-order valence-corrected chi connectivity index (χ1v) is 7.89. The second kappa shape index (κ2) is 10.6. The van der Waals surface area contributed by atoms with Crippen molar-refractivity contribution in [1.29, 1.82) is 0 Å². The molecule has 0 aliphatic heterocycles. The zero-order chi connectivity index (χ0) is 15.8. The lowest BCUT2D eigenvalue weighted by Gasteiger charge is -2.25. The number of pyridine rings is 1. The van der Waals surface area contributed by atoms with E-state index in [0.29, 0.717) is 25.0 Å². The maximum absolute atomic E-state index is 5.89. The number of hydrogen-bond acceptors (Lipinski definition) is 4. The van der Waals surface area contributed by atoms with Crippen molar-refractivity contribution in [2.24, 2.45) is 16.6 Å². The first kappa shape index (κ1) is 20.0. The standard InChI is InChI=1S/C16H27N5O.HI/c1-21(2)8-9-22-15-10-14(6-7-18-15)12-20-16(17)19-11-13-4-3-5-13;/h6-7,10,13H,3-5,8-9,11-12H2,1-2H3,(H3,17,19,20);1H. The third-order valence-corrected chi connectivity index (χ3v) is 3.82. The van der Waals surface area contributed by atoms with Gasteiger partial charge in [0.1, 0.15) is 6.61 Å². The highest BCUT2D eigenvalue weighted by molar-refractivity contribution is 14.0. The van der Waals surface area contributed by atoms with Gasteiger partial charge in [0.15, 0.2) is 5.96 Å². The van der Waals surface area contributed by atoms with Crippen molar-refractivity contribution in [3.63, 3.8) is 0 Å². The SMILES string of the molecule is CN(C)CCOc1cc(CN=C(N)NCC2CCC2)ccn1.I. The van der Waals surface area contributed by atoms with Crippen LogP contribution in [-0.4, -0.2) is 49.6 Å². The Balaban J connectivity index is 0.00000264. The van der Waals surface area contributed by atoms with Crippen LogP contribution >= 0.6 is 24.0 Å². The number of nitrogens with one attached hydrogen (secondary N) is 1. The van der Waals surface area contributed by atoms with Crippen LogP contribution in [0.3, 0.4) is 0 Å². The molecular formula is C16H28IN5O. The third-order valence-electron chi connectivity index (χ3n) is 3.82. The molecule has 1 aromatic heterocycles. The normalized spacial score (nSPS) is 15.0. The van der Waals surface area contributed by atoms with E-state index in [1.165, 1.54) is 19.3 Å². The highest BCUT2D eigenvalue weighted by Gasteiger charge is 2.16. The Morgan fingerprint density at radius 2 is 2.26 bits per heavy atom. The Morgan fingerprint density at radius 3 is 2.91 bits per heavy atom. The zero-order valence-corrected chi connectivity index (χ0v) is 16.3. The van der Waals surface area contributed by atoms with Crippen molar-refractivity contribution in [3.8, 4) is 5.88 Å². The molecule has 1 saturated carbocycles. The predicted molar refractivity (Wildman–Crippen MR) is 104 cm³/mol. The average molecular weight is 433 g/mol. The average Bonchev–Trinajstić information content (AvgIpc) is 2.43. The van der Waals surface area contributed by atoms with Gasteiger partial charge in [-0.2, -0.15) is 0 Å². The highest BCUT2D eigenvalue weighted by atomic mass is 127. The second-order valence-corrected chi connectivity index (χ2v) is 6.03. The van der Waals surface area contributed by atoms with Crippen LogP contribution in [0.15, 0.2) is 23.3 Å². The monoisotopic (exact) mass is 433 g/mol. The van der Waals surface area contributed by atoms with Gasteiger partial charge in [-0.15, -0.1) is 24.0 Å². The molecule has 0 amide bonds. The number of aromatic nitrogens is 1. The maximum Gasteiger partial charge on any atom is 0.213 e. The number of nitrogens with zero attached hydrogens (tertiary/aromatic N) is 3. The van der Waals surface area contributed by atoms with Gasteiger partial charge in [-0.3, -0.25) is 0 Å². The summed E-state index contributed by atoms with van der Waals surface area (Å²) < 4.78 is 5.62. The molecule has 0 unspecified atom stereocenters. The number of halogens is 1. The maximum atomic E-state index is 5.89. The summed E-state index contributed by atoms with van der Waals surface area (Å²) in [6.07, 6.45) is 5.70. The fourth-order valence-electron chi connectivity index (χ4n) is 2.14. The van der Waals surface area contributed by atoms with E-state index >= 15 is 0 Å². The zero-order valence-electron chi connectivity index (χ0n) is 14.0. The van der Waals surface area contributed by atoms with Crippen molar-refractivity contribution in [3.05, 3.63) is 23.9 Å². The molecule has 0 atom stereocenters. The first-order chi connectivity index (χ1) is 10.6. The van der Waals surface area contributed by atoms with Gasteiger partial charge in [0.05, 0.1) is 6.54 Å². The smallest absolute Gasteiger partial charge is 0.213 e. The molecule has 0 spiro atoms. The molecule has 2 rings (SSSR count). The molecule has 0 aromatic carbocycles. The van der Waals surface area contributed by atoms with Gasteiger partial charge in [-0.05, 0) is 44.5 Å². The minimum absolute atomic E-state index is 0. The molecule has 1 aromatic rings. The van der Waals surface area contributed by atoms with Crippen LogP contribution in [0.5, 0.6) is 5.88 Å². The van der Waals surface area contributed by atoms with Gasteiger partial charge < -0.3 is 20.7 Å². The van der Waals surface area contributed by atoms with E-state index in [2.05, 4.69) is 20.2 Å². The molecule has 130 valence electrons. The highest BCUT2D eigenvalue weighted by Crippen LogP contribution is 2.24. The second-order valence-electron chi connectivity index (χ2n) is 6.03. The van der Waals surface area contributed by atoms with Crippen LogP contribution in [0.25, 0.3) is 0 Å². The summed E-state index contributed by atoms with van der Waals surface area (Å²) in [5.41, 5.74) is 6.93. The van der Waals surface area contributed by atoms with E-state index in [1.54, 1.807) is 6.20 Å². The van der Waals surface area contributed by atoms with Crippen LogP contribution in [0.2, 0.25) is 0 Å². The van der Waals surface area contributed by atoms with Crippen LogP contribution in [0, 0.1) is 5.92 Å². The molecule has 1 aliphatic rings. The van der Waals surface area contributed by atoms with Gasteiger partial charge in [0, 0.05) is 25.4 Å². The number of nitrogens with two attached hydrogens (primary N) is 1. The lowest BCUT2D eigenvalue weighted by molar-refractivity contribution is 0.253. The molecular weight excluding hydrogens is 405 g/mol. The van der Waals surface area contributed by atoms with E-state index in [1.807, 2.05) is 26.2 Å². The molecule has 1 fully saturated rings. The van der Waals surface area contributed by atoms with Crippen molar-refractivity contribution in [2.45, 2.75) is 25.8 Å². The topological polar surface area (TPSA) is 75.8 Å². The third kappa shape index (κ3) is 7.83. The van der Waals surface area contributed by atoms with E-state index in [0.717, 1.165) is 24.6 Å². The molecule has 3 N–H and O–H groups in total. The van der Waals surface area contributed by atoms with Crippen molar-refractivity contribution in [1.82, 2.24) is 15.2 Å². The molecule has 0 radical (unpaired) electrons. The van der Waals surface area contributed by atoms with Gasteiger partial charge >= 0.3 is 0 Å². The summed E-state index contributed by atoms with van der Waals surface area (Å²) in [4.78, 5) is 10.6. The first-order valence-electron chi connectivity index (χ1n) is 7.89. The number of rotatable bonds is 8. The van der Waals surface area contributed by atoms with Crippen molar-refractivity contribution < 1.29 is 4.74 Å². The summed E-state index contributed by atoms with van der Waals surface area (Å²) in [5, 5.41) is 3.19. The van der Waals surface area contributed by atoms with Crippen LogP contribution in [0.1, 0.15) is 24.8 Å². The minimum atomic E-state index is 0. The summed E-state index contributed by atoms with van der Waals surface area (Å²) in [6, 6.07) is 3.85. The van der Waals surface area contributed by atoms with E-state index < -0.39 is 0 Å². The Kier molecular flexibility index (Phi) is 9.23. The van der Waals surface area contributed by atoms with Crippen molar-refractivity contribution >= 4 is 29.9 Å². The Bertz CT molecular complexity index is 491. The van der Waals surface area contributed by atoms with Crippen LogP contribution in [0.4, 0.5) is 0 Å². The van der Waals surface area contributed by atoms with Gasteiger partial charge in [-0.1, -0.05) is 6.42 Å². The summed E-state index contributed by atoms with van der Waals surface area (Å²) >= 11 is 0. The lowest BCUT2D eigenvalue weighted by atomic mass is 9.85. The van der Waals surface area contributed by atoms with E-state index in [9.17, 15) is 0 Å². The van der Waals surface area contributed by atoms with Gasteiger partial charge in [-0.25, -0.2) is 9.98 Å². The predicted octanol–water partition coefficient (Wildman–Crippen LogP) is 1.84. The summed E-state index contributed by atoms with van der Waals surface area (Å²) in [6.45, 7) is 2.96. The van der Waals surface area contributed by atoms with Gasteiger partial charge in [0.2, 0.25) is 5.88 Å². The van der Waals surface area contributed by atoms with E-state index in [-0.39, 0.29) is 24.0 Å². The van der Waals surface area contributed by atoms with Crippen molar-refractivity contribution in [2.75, 3.05) is 33.8 Å². The molecule has 7 heteroatoms. The fraction of sp³-hybridized carbons (Fsp3) is 0.625. The number of guanidine groups is 1. The number of ether oxygens (including phenoxy) is 1. The molecule has 0 saturated heterocycles. The number of likely N-dealkylation sites (N-methyl/N-ethyl adjacent to an activating group) is 1. The Morgan fingerprint density at radius 1 is 1.48 bits per heavy atom. The molecule has 1 aliphatic carbocycles. The molecule has 23 heavy (non-hydrogen) atoms.